The minimum atomic E-state index is 0.973. The van der Waals surface area contributed by atoms with E-state index in [1.54, 1.807) is 0 Å². The second-order valence-electron chi connectivity index (χ2n) is 3.97. The van der Waals surface area contributed by atoms with E-state index in [1.807, 2.05) is 13.8 Å². The van der Waals surface area contributed by atoms with Crippen LogP contribution in [-0.2, 0) is 0 Å². The monoisotopic (exact) mass is 169 g/mol. The fourth-order valence-electron chi connectivity index (χ4n) is 2.05. The molecular weight excluding hydrogens is 146 g/mol. The van der Waals surface area contributed by atoms with E-state index in [1.165, 1.54) is 38.8 Å². The molecule has 1 heteroatoms. The molecule has 72 valence electrons. The second kappa shape index (κ2) is 4.86. The Morgan fingerprint density at radius 1 is 1.08 bits per heavy atom. The Labute approximate surface area is 77.1 Å². The molecule has 0 aromatic rings. The Morgan fingerprint density at radius 2 is 1.75 bits per heavy atom. The van der Waals surface area contributed by atoms with Crippen LogP contribution in [0.1, 0.15) is 46.5 Å². The van der Waals surface area contributed by atoms with Crippen LogP contribution >= 0.6 is 0 Å². The van der Waals surface area contributed by atoms with Gasteiger partial charge in [-0.25, -0.2) is 0 Å². The molecule has 1 nitrogen and oxygen atoms in total. The van der Waals surface area contributed by atoms with Gasteiger partial charge in [-0.15, -0.1) is 0 Å². The van der Waals surface area contributed by atoms with Crippen LogP contribution < -0.4 is 0 Å². The summed E-state index contributed by atoms with van der Waals surface area (Å²) in [5.41, 5.74) is 0. The van der Waals surface area contributed by atoms with E-state index in [0.29, 0.717) is 0 Å². The van der Waals surface area contributed by atoms with Gasteiger partial charge in [0, 0.05) is 12.6 Å². The molecule has 0 aromatic carbocycles. The van der Waals surface area contributed by atoms with Gasteiger partial charge in [0.1, 0.15) is 0 Å². The third kappa shape index (κ3) is 2.22. The lowest BCUT2D eigenvalue weighted by molar-refractivity contribution is 0.154. The Hall–Kier alpha value is -0.0400. The van der Waals surface area contributed by atoms with Gasteiger partial charge in [-0.1, -0.05) is 27.2 Å². The first kappa shape index (κ1) is 10.0. The van der Waals surface area contributed by atoms with Gasteiger partial charge in [0.2, 0.25) is 0 Å². The van der Waals surface area contributed by atoms with Crippen molar-refractivity contribution in [3.63, 3.8) is 0 Å². The van der Waals surface area contributed by atoms with Crippen LogP contribution in [0.2, 0.25) is 0 Å². The van der Waals surface area contributed by atoms with Crippen molar-refractivity contribution in [2.45, 2.75) is 52.5 Å². The highest BCUT2D eigenvalue weighted by Crippen LogP contribution is 2.29. The van der Waals surface area contributed by atoms with Crippen LogP contribution in [0, 0.1) is 5.92 Å². The fourth-order valence-corrected chi connectivity index (χ4v) is 2.05. The van der Waals surface area contributed by atoms with E-state index in [9.17, 15) is 0 Å². The van der Waals surface area contributed by atoms with E-state index in [2.05, 4.69) is 11.8 Å². The molecule has 0 bridgehead atoms. The quantitative estimate of drug-likeness (QED) is 0.583. The molecule has 2 aliphatic rings. The van der Waals surface area contributed by atoms with Gasteiger partial charge >= 0.3 is 0 Å². The van der Waals surface area contributed by atoms with Crippen molar-refractivity contribution in [1.82, 2.24) is 4.90 Å². The molecule has 1 heterocycles. The Balaban J connectivity index is 0.000000336. The average molecular weight is 169 g/mol. The zero-order chi connectivity index (χ0) is 8.97. The highest BCUT2D eigenvalue weighted by Gasteiger charge is 2.29. The Bertz CT molecular complexity index is 118. The molecule has 2 rings (SSSR count). The summed E-state index contributed by atoms with van der Waals surface area (Å²) in [6, 6.07) is 0.991. The molecule has 0 N–H and O–H groups in total. The van der Waals surface area contributed by atoms with Crippen molar-refractivity contribution >= 4 is 0 Å². The molecule has 12 heavy (non-hydrogen) atoms. The van der Waals surface area contributed by atoms with Gasteiger partial charge in [0.05, 0.1) is 0 Å². The summed E-state index contributed by atoms with van der Waals surface area (Å²) in [7, 11) is 0. The minimum absolute atomic E-state index is 0.973. The standard InChI is InChI=1S/C9H17N.C2H6/c1-8-5-6-10(7-8)9-3-2-4-9;1-2/h8-9H,2-7H2,1H3;1-2H3. The first-order chi connectivity index (χ1) is 5.86. The predicted octanol–water partition coefficient (Wildman–Crippen LogP) is 2.91. The Morgan fingerprint density at radius 3 is 2.08 bits per heavy atom. The van der Waals surface area contributed by atoms with E-state index < -0.39 is 0 Å². The topological polar surface area (TPSA) is 3.24 Å². The third-order valence-corrected chi connectivity index (χ3v) is 3.05. The summed E-state index contributed by atoms with van der Waals surface area (Å²) in [5, 5.41) is 0. The third-order valence-electron chi connectivity index (χ3n) is 3.05. The molecule has 1 aliphatic heterocycles. The molecule has 2 fully saturated rings. The van der Waals surface area contributed by atoms with E-state index in [4.69, 9.17) is 0 Å². The number of nitrogens with zero attached hydrogens (tertiary/aromatic N) is 1. The van der Waals surface area contributed by atoms with E-state index in [0.717, 1.165) is 12.0 Å². The molecule has 1 saturated carbocycles. The summed E-state index contributed by atoms with van der Waals surface area (Å²) >= 11 is 0. The molecule has 0 radical (unpaired) electrons. The molecular formula is C11H23N. The van der Waals surface area contributed by atoms with Gasteiger partial charge in [-0.05, 0) is 31.7 Å². The van der Waals surface area contributed by atoms with Crippen molar-refractivity contribution in [3.05, 3.63) is 0 Å². The van der Waals surface area contributed by atoms with Gasteiger partial charge in [-0.2, -0.15) is 0 Å². The fraction of sp³-hybridized carbons (Fsp3) is 1.00. The molecule has 1 unspecified atom stereocenters. The lowest BCUT2D eigenvalue weighted by Gasteiger charge is -2.34. The van der Waals surface area contributed by atoms with Crippen LogP contribution in [-0.4, -0.2) is 24.0 Å². The molecule has 1 saturated heterocycles. The van der Waals surface area contributed by atoms with Crippen LogP contribution in [0.3, 0.4) is 0 Å². The maximum Gasteiger partial charge on any atom is 0.00953 e. The number of hydrogen-bond acceptors (Lipinski definition) is 1. The largest absolute Gasteiger partial charge is 0.300 e. The summed E-state index contributed by atoms with van der Waals surface area (Å²) in [5.74, 6) is 0.973. The molecule has 0 amide bonds. The van der Waals surface area contributed by atoms with Crippen LogP contribution in [0.4, 0.5) is 0 Å². The first-order valence-corrected chi connectivity index (χ1v) is 5.60. The lowest BCUT2D eigenvalue weighted by atomic mass is 9.92. The van der Waals surface area contributed by atoms with Crippen molar-refractivity contribution in [2.24, 2.45) is 5.92 Å². The van der Waals surface area contributed by atoms with Crippen molar-refractivity contribution in [2.75, 3.05) is 13.1 Å². The highest BCUT2D eigenvalue weighted by atomic mass is 15.2. The van der Waals surface area contributed by atoms with E-state index in [-0.39, 0.29) is 0 Å². The summed E-state index contributed by atoms with van der Waals surface area (Å²) in [6.07, 6.45) is 5.88. The lowest BCUT2D eigenvalue weighted by Crippen LogP contribution is -2.38. The van der Waals surface area contributed by atoms with Crippen LogP contribution in [0.15, 0.2) is 0 Å². The molecule has 0 spiro atoms. The zero-order valence-electron chi connectivity index (χ0n) is 8.84. The second-order valence-corrected chi connectivity index (χ2v) is 3.97. The van der Waals surface area contributed by atoms with Crippen molar-refractivity contribution < 1.29 is 0 Å². The maximum atomic E-state index is 2.69. The van der Waals surface area contributed by atoms with Gasteiger partial charge in [0.15, 0.2) is 0 Å². The average Bonchev–Trinajstić information content (AvgIpc) is 2.37. The zero-order valence-corrected chi connectivity index (χ0v) is 8.84. The number of hydrogen-bond donors (Lipinski definition) is 0. The van der Waals surface area contributed by atoms with E-state index >= 15 is 0 Å². The molecule has 1 aliphatic carbocycles. The maximum absolute atomic E-state index is 2.69. The molecule has 0 aromatic heterocycles. The van der Waals surface area contributed by atoms with Crippen LogP contribution in [0.25, 0.3) is 0 Å². The van der Waals surface area contributed by atoms with Crippen molar-refractivity contribution in [1.29, 1.82) is 0 Å². The highest BCUT2D eigenvalue weighted by molar-refractivity contribution is 4.84. The Kier molecular flexibility index (Phi) is 4.07. The van der Waals surface area contributed by atoms with Gasteiger partial charge in [0.25, 0.3) is 0 Å². The number of rotatable bonds is 1. The first-order valence-electron chi connectivity index (χ1n) is 5.60. The molecule has 1 atom stereocenters. The minimum Gasteiger partial charge on any atom is -0.300 e. The smallest absolute Gasteiger partial charge is 0.00953 e. The summed E-state index contributed by atoms with van der Waals surface area (Å²) in [4.78, 5) is 2.69. The predicted molar refractivity (Wildman–Crippen MR) is 54.3 cm³/mol. The van der Waals surface area contributed by atoms with Gasteiger partial charge in [-0.3, -0.25) is 0 Å². The SMILES string of the molecule is CC.CC1CCN(C2CCC2)C1. The normalized spacial score (nSPS) is 30.8. The van der Waals surface area contributed by atoms with Gasteiger partial charge < -0.3 is 4.90 Å². The van der Waals surface area contributed by atoms with Crippen molar-refractivity contribution in [3.8, 4) is 0 Å². The summed E-state index contributed by atoms with van der Waals surface area (Å²) in [6.45, 7) is 9.13. The summed E-state index contributed by atoms with van der Waals surface area (Å²) < 4.78 is 0. The number of likely N-dealkylation sites (tertiary alicyclic amines) is 1. The van der Waals surface area contributed by atoms with Crippen LogP contribution in [0.5, 0.6) is 0 Å².